The van der Waals surface area contributed by atoms with Crippen LogP contribution in [0.3, 0.4) is 0 Å². The van der Waals surface area contributed by atoms with E-state index in [4.69, 9.17) is 4.43 Å². The molecule has 0 N–H and O–H groups in total. The summed E-state index contributed by atoms with van der Waals surface area (Å²) in [5.41, 5.74) is 0.781. The Balaban J connectivity index is 3.01. The lowest BCUT2D eigenvalue weighted by Gasteiger charge is -2.19. The van der Waals surface area contributed by atoms with Crippen LogP contribution in [0.25, 0.3) is 0 Å². The van der Waals surface area contributed by atoms with Gasteiger partial charge in [-0.25, -0.2) is 0 Å². The van der Waals surface area contributed by atoms with Crippen LogP contribution in [0.5, 0.6) is 0 Å². The first-order chi connectivity index (χ1) is 7.32. The molecule has 1 aromatic heterocycles. The number of aromatic nitrogens is 1. The molecule has 0 saturated heterocycles. The van der Waals surface area contributed by atoms with Crippen LogP contribution in [0.4, 0.5) is 0 Å². The van der Waals surface area contributed by atoms with Crippen LogP contribution in [0, 0.1) is 0 Å². The predicted octanol–water partition coefficient (Wildman–Crippen LogP) is 2.10. The first-order valence-corrected chi connectivity index (χ1v) is 8.42. The molecular weight excluding hydrogens is 218 g/mol. The molecule has 1 aromatic rings. The topological polar surface area (TPSA) is 31.2 Å². The van der Waals surface area contributed by atoms with Crippen molar-refractivity contribution in [3.63, 3.8) is 0 Å². The second-order valence-corrected chi connectivity index (χ2v) is 7.72. The molecule has 0 aliphatic heterocycles. The highest BCUT2D eigenvalue weighted by Crippen LogP contribution is 2.17. The zero-order valence-corrected chi connectivity index (χ0v) is 11.9. The maximum absolute atomic E-state index is 12.1. The first kappa shape index (κ1) is 13.2. The van der Waals surface area contributed by atoms with Gasteiger partial charge in [-0.15, -0.1) is 0 Å². The van der Waals surface area contributed by atoms with Crippen molar-refractivity contribution in [2.45, 2.75) is 46.0 Å². The number of hydrogen-bond acceptors (Lipinski definition) is 2. The minimum Gasteiger partial charge on any atom is -0.403 e. The van der Waals surface area contributed by atoms with E-state index in [-0.39, 0.29) is 11.0 Å². The number of hydrogen-bond donors (Lipinski definition) is 0. The van der Waals surface area contributed by atoms with E-state index in [1.165, 1.54) is 0 Å². The molecule has 0 aliphatic carbocycles. The molecule has 4 heteroatoms. The molecule has 0 bridgehead atoms. The Labute approximate surface area is 98.8 Å². The maximum Gasteiger partial charge on any atom is 0.256 e. The molecule has 90 valence electrons. The van der Waals surface area contributed by atoms with Gasteiger partial charge in [0.05, 0.1) is 0 Å². The van der Waals surface area contributed by atoms with E-state index in [0.717, 1.165) is 5.56 Å². The van der Waals surface area contributed by atoms with Crippen LogP contribution in [0.15, 0.2) is 23.1 Å². The van der Waals surface area contributed by atoms with Gasteiger partial charge in [0.2, 0.25) is 0 Å². The lowest BCUT2D eigenvalue weighted by atomic mass is 9.88. The Morgan fingerprint density at radius 1 is 1.38 bits per heavy atom. The van der Waals surface area contributed by atoms with E-state index >= 15 is 0 Å². The fraction of sp³-hybridized carbons (Fsp3) is 0.583. The standard InChI is InChI=1S/C12H21NO2Si/c1-12(2,3)10-7-6-8-13(11(10)14)9-15-16(4)5/h6-8,16H,9H2,1-5H3. The lowest BCUT2D eigenvalue weighted by Crippen LogP contribution is -2.31. The second kappa shape index (κ2) is 4.97. The van der Waals surface area contributed by atoms with Crippen LogP contribution in [-0.4, -0.2) is 13.6 Å². The fourth-order valence-corrected chi connectivity index (χ4v) is 1.90. The largest absolute Gasteiger partial charge is 0.403 e. The molecule has 0 atom stereocenters. The highest BCUT2D eigenvalue weighted by molar-refractivity contribution is 6.48. The molecule has 0 radical (unpaired) electrons. The third-order valence-corrected chi connectivity index (χ3v) is 3.19. The van der Waals surface area contributed by atoms with Gasteiger partial charge in [0, 0.05) is 11.8 Å². The summed E-state index contributed by atoms with van der Waals surface area (Å²) >= 11 is 0. The van der Waals surface area contributed by atoms with Gasteiger partial charge in [0.25, 0.3) is 5.56 Å². The van der Waals surface area contributed by atoms with Gasteiger partial charge in [-0.3, -0.25) is 9.36 Å². The van der Waals surface area contributed by atoms with Gasteiger partial charge in [0.15, 0.2) is 9.04 Å². The molecule has 16 heavy (non-hydrogen) atoms. The van der Waals surface area contributed by atoms with E-state index in [1.54, 1.807) is 10.8 Å². The second-order valence-electron chi connectivity index (χ2n) is 5.29. The van der Waals surface area contributed by atoms with E-state index in [9.17, 15) is 4.79 Å². The van der Waals surface area contributed by atoms with Crippen molar-refractivity contribution in [2.24, 2.45) is 0 Å². The first-order valence-electron chi connectivity index (χ1n) is 5.64. The van der Waals surface area contributed by atoms with Gasteiger partial charge in [0.1, 0.15) is 6.73 Å². The lowest BCUT2D eigenvalue weighted by molar-refractivity contribution is 0.235. The molecule has 1 heterocycles. The Bertz CT molecular complexity index is 404. The Morgan fingerprint density at radius 2 is 2.00 bits per heavy atom. The molecule has 0 aromatic carbocycles. The van der Waals surface area contributed by atoms with Gasteiger partial charge in [-0.05, 0) is 24.6 Å². The highest BCUT2D eigenvalue weighted by Gasteiger charge is 2.18. The van der Waals surface area contributed by atoms with Gasteiger partial charge in [-0.2, -0.15) is 0 Å². The summed E-state index contributed by atoms with van der Waals surface area (Å²) in [7, 11) is -1.08. The minimum atomic E-state index is -1.08. The number of rotatable bonds is 3. The smallest absolute Gasteiger partial charge is 0.256 e. The fourth-order valence-electron chi connectivity index (χ4n) is 1.44. The average Bonchev–Trinajstić information content (AvgIpc) is 2.14. The normalized spacial score (nSPS) is 12.1. The van der Waals surface area contributed by atoms with Crippen molar-refractivity contribution < 1.29 is 4.43 Å². The Hall–Kier alpha value is -0.873. The molecule has 0 fully saturated rings. The summed E-state index contributed by atoms with van der Waals surface area (Å²) in [6, 6.07) is 3.80. The molecule has 0 amide bonds. The van der Waals surface area contributed by atoms with Crippen LogP contribution in [-0.2, 0) is 16.6 Å². The zero-order chi connectivity index (χ0) is 12.3. The Kier molecular flexibility index (Phi) is 4.10. The number of nitrogens with zero attached hydrogens (tertiary/aromatic N) is 1. The van der Waals surface area contributed by atoms with Crippen molar-refractivity contribution in [3.8, 4) is 0 Å². The van der Waals surface area contributed by atoms with Gasteiger partial charge < -0.3 is 4.43 Å². The van der Waals surface area contributed by atoms with Crippen LogP contribution >= 0.6 is 0 Å². The van der Waals surface area contributed by atoms with Crippen LogP contribution in [0.1, 0.15) is 26.3 Å². The SMILES string of the molecule is C[SiH](C)OCn1cccc(C(C)(C)C)c1=O. The monoisotopic (exact) mass is 239 g/mol. The van der Waals surface area contributed by atoms with E-state index in [1.807, 2.05) is 32.9 Å². The minimum absolute atomic E-state index is 0.0599. The molecule has 0 aliphatic rings. The summed E-state index contributed by atoms with van der Waals surface area (Å²) in [6.45, 7) is 10.7. The third-order valence-electron chi connectivity index (χ3n) is 2.38. The van der Waals surface area contributed by atoms with Crippen molar-refractivity contribution in [1.29, 1.82) is 0 Å². The number of pyridine rings is 1. The van der Waals surface area contributed by atoms with E-state index in [0.29, 0.717) is 6.73 Å². The summed E-state index contributed by atoms with van der Waals surface area (Å²) in [6.07, 6.45) is 1.79. The molecule has 3 nitrogen and oxygen atoms in total. The molecule has 0 unspecified atom stereocenters. The summed E-state index contributed by atoms with van der Waals surface area (Å²) < 4.78 is 7.22. The average molecular weight is 239 g/mol. The van der Waals surface area contributed by atoms with Crippen molar-refractivity contribution in [2.75, 3.05) is 0 Å². The van der Waals surface area contributed by atoms with Crippen LogP contribution < -0.4 is 5.56 Å². The van der Waals surface area contributed by atoms with Crippen molar-refractivity contribution >= 4 is 9.04 Å². The van der Waals surface area contributed by atoms with E-state index in [2.05, 4.69) is 13.1 Å². The van der Waals surface area contributed by atoms with Gasteiger partial charge in [-0.1, -0.05) is 26.8 Å². The Morgan fingerprint density at radius 3 is 2.50 bits per heavy atom. The molecule has 0 saturated carbocycles. The molecular formula is C12H21NO2Si. The summed E-state index contributed by atoms with van der Waals surface area (Å²) in [4.78, 5) is 12.1. The molecule has 1 rings (SSSR count). The summed E-state index contributed by atoms with van der Waals surface area (Å²) in [5.74, 6) is 0. The van der Waals surface area contributed by atoms with Gasteiger partial charge >= 0.3 is 0 Å². The highest BCUT2D eigenvalue weighted by atomic mass is 28.3. The predicted molar refractivity (Wildman–Crippen MR) is 69.4 cm³/mol. The van der Waals surface area contributed by atoms with Crippen molar-refractivity contribution in [3.05, 3.63) is 34.2 Å². The quantitative estimate of drug-likeness (QED) is 0.756. The summed E-state index contributed by atoms with van der Waals surface area (Å²) in [5, 5.41) is 0. The van der Waals surface area contributed by atoms with Crippen LogP contribution in [0.2, 0.25) is 13.1 Å². The zero-order valence-electron chi connectivity index (χ0n) is 10.8. The molecule has 0 spiro atoms. The van der Waals surface area contributed by atoms with Crippen molar-refractivity contribution in [1.82, 2.24) is 4.57 Å². The van der Waals surface area contributed by atoms with E-state index < -0.39 is 9.04 Å². The third kappa shape index (κ3) is 3.32. The maximum atomic E-state index is 12.1.